The fraction of sp³-hybridized carbons (Fsp3) is 0.500. The molecule has 5 nitrogen and oxygen atoms in total. The molecule has 2 rings (SSSR count). The Bertz CT molecular complexity index is 482. The van der Waals surface area contributed by atoms with E-state index in [2.05, 4.69) is 10.6 Å². The highest BCUT2D eigenvalue weighted by Gasteiger charge is 2.29. The molecule has 2 N–H and O–H groups in total. The van der Waals surface area contributed by atoms with Gasteiger partial charge in [0.2, 0.25) is 5.91 Å². The van der Waals surface area contributed by atoms with E-state index in [9.17, 15) is 9.59 Å². The molecule has 1 aromatic carbocycles. The van der Waals surface area contributed by atoms with Crippen LogP contribution in [-0.4, -0.2) is 36.0 Å². The number of hydrogen-bond acceptors (Lipinski definition) is 2. The molecule has 1 atom stereocenters. The average Bonchev–Trinajstić information content (AvgIpc) is 3.30. The quantitative estimate of drug-likeness (QED) is 0.842. The maximum absolute atomic E-state index is 12.6. The van der Waals surface area contributed by atoms with Crippen molar-refractivity contribution in [2.24, 2.45) is 0 Å². The van der Waals surface area contributed by atoms with Crippen LogP contribution in [0.15, 0.2) is 30.3 Å². The fourth-order valence-corrected chi connectivity index (χ4v) is 2.24. The van der Waals surface area contributed by atoms with Gasteiger partial charge in [0.25, 0.3) is 0 Å². The van der Waals surface area contributed by atoms with Crippen molar-refractivity contribution in [3.8, 4) is 0 Å². The lowest BCUT2D eigenvalue weighted by Crippen LogP contribution is -2.46. The number of nitrogens with zero attached hydrogens (tertiary/aromatic N) is 1. The molecule has 0 unspecified atom stereocenters. The van der Waals surface area contributed by atoms with E-state index in [0.29, 0.717) is 13.1 Å². The molecule has 0 radical (unpaired) electrons. The normalized spacial score (nSPS) is 15.1. The van der Waals surface area contributed by atoms with Gasteiger partial charge < -0.3 is 15.5 Å². The molecule has 5 heteroatoms. The summed E-state index contributed by atoms with van der Waals surface area (Å²) >= 11 is 0. The molecular weight excluding hydrogens is 266 g/mol. The molecule has 1 aliphatic carbocycles. The first-order valence-electron chi connectivity index (χ1n) is 7.56. The fourth-order valence-electron chi connectivity index (χ4n) is 2.24. The molecule has 0 heterocycles. The van der Waals surface area contributed by atoms with Gasteiger partial charge in [-0.2, -0.15) is 0 Å². The van der Waals surface area contributed by atoms with Gasteiger partial charge in [0.15, 0.2) is 0 Å². The molecule has 21 heavy (non-hydrogen) atoms. The molecular formula is C16H23N3O2. The second kappa shape index (κ2) is 7.11. The number of benzene rings is 1. The predicted molar refractivity (Wildman–Crippen MR) is 81.8 cm³/mol. The zero-order valence-electron chi connectivity index (χ0n) is 12.6. The summed E-state index contributed by atoms with van der Waals surface area (Å²) in [6.45, 7) is 5.14. The first-order chi connectivity index (χ1) is 10.2. The Morgan fingerprint density at radius 1 is 1.19 bits per heavy atom. The van der Waals surface area contributed by atoms with Crippen LogP contribution in [0, 0.1) is 0 Å². The smallest absolute Gasteiger partial charge is 0.315 e. The largest absolute Gasteiger partial charge is 0.341 e. The number of carbonyl (C=O) groups is 2. The van der Waals surface area contributed by atoms with E-state index in [-0.39, 0.29) is 18.0 Å². The molecule has 1 aliphatic rings. The summed E-state index contributed by atoms with van der Waals surface area (Å²) in [5, 5.41) is 5.68. The minimum Gasteiger partial charge on any atom is -0.341 e. The second-order valence-corrected chi connectivity index (χ2v) is 5.25. The number of carbonyl (C=O) groups excluding carboxylic acids is 2. The zero-order valence-corrected chi connectivity index (χ0v) is 12.6. The Labute approximate surface area is 125 Å². The third-order valence-electron chi connectivity index (χ3n) is 3.64. The lowest BCUT2D eigenvalue weighted by atomic mass is 10.1. The molecule has 0 aromatic heterocycles. The van der Waals surface area contributed by atoms with Gasteiger partial charge in [-0.05, 0) is 32.3 Å². The number of hydrogen-bond donors (Lipinski definition) is 2. The third kappa shape index (κ3) is 4.21. The van der Waals surface area contributed by atoms with Crippen LogP contribution in [0.3, 0.4) is 0 Å². The molecule has 0 bridgehead atoms. The van der Waals surface area contributed by atoms with Gasteiger partial charge in [-0.3, -0.25) is 4.79 Å². The van der Waals surface area contributed by atoms with Crippen molar-refractivity contribution in [3.63, 3.8) is 0 Å². The van der Waals surface area contributed by atoms with Gasteiger partial charge in [0, 0.05) is 19.1 Å². The number of amides is 3. The van der Waals surface area contributed by atoms with Gasteiger partial charge in [0.1, 0.15) is 6.04 Å². The van der Waals surface area contributed by atoms with Gasteiger partial charge in [-0.1, -0.05) is 30.3 Å². The Balaban J connectivity index is 2.13. The number of rotatable bonds is 6. The van der Waals surface area contributed by atoms with Crippen molar-refractivity contribution in [2.45, 2.75) is 38.8 Å². The third-order valence-corrected chi connectivity index (χ3v) is 3.64. The lowest BCUT2D eigenvalue weighted by molar-refractivity contribution is -0.133. The molecule has 0 spiro atoms. The summed E-state index contributed by atoms with van der Waals surface area (Å²) in [5.74, 6) is -0.0721. The average molecular weight is 289 g/mol. The van der Waals surface area contributed by atoms with Crippen molar-refractivity contribution in [2.75, 3.05) is 13.1 Å². The Hall–Kier alpha value is -2.04. The van der Waals surface area contributed by atoms with Crippen molar-refractivity contribution in [3.05, 3.63) is 35.9 Å². The zero-order chi connectivity index (χ0) is 15.2. The van der Waals surface area contributed by atoms with Crippen LogP contribution in [0.2, 0.25) is 0 Å². The van der Waals surface area contributed by atoms with Gasteiger partial charge >= 0.3 is 6.03 Å². The predicted octanol–water partition coefficient (Wildman–Crippen LogP) is 2.06. The monoisotopic (exact) mass is 289 g/mol. The first kappa shape index (κ1) is 15.4. The van der Waals surface area contributed by atoms with Crippen LogP contribution in [0.25, 0.3) is 0 Å². The second-order valence-electron chi connectivity index (χ2n) is 5.25. The minimum absolute atomic E-state index is 0.0721. The summed E-state index contributed by atoms with van der Waals surface area (Å²) in [7, 11) is 0. The van der Waals surface area contributed by atoms with Crippen LogP contribution in [0.1, 0.15) is 38.3 Å². The van der Waals surface area contributed by atoms with E-state index in [1.807, 2.05) is 44.2 Å². The SMILES string of the molecule is CCN(CC)C(=O)[C@@H](NC(=O)NC1CC1)c1ccccc1. The maximum atomic E-state index is 12.6. The van der Waals surface area contributed by atoms with Crippen LogP contribution >= 0.6 is 0 Å². The van der Waals surface area contributed by atoms with Crippen LogP contribution < -0.4 is 10.6 Å². The van der Waals surface area contributed by atoms with Crippen LogP contribution in [0.4, 0.5) is 4.79 Å². The van der Waals surface area contributed by atoms with E-state index < -0.39 is 6.04 Å². The summed E-state index contributed by atoms with van der Waals surface area (Å²) in [6, 6.07) is 8.73. The van der Waals surface area contributed by atoms with Gasteiger partial charge in [-0.25, -0.2) is 4.79 Å². The molecule has 1 saturated carbocycles. The van der Waals surface area contributed by atoms with Gasteiger partial charge in [0.05, 0.1) is 0 Å². The number of likely N-dealkylation sites (N-methyl/N-ethyl adjacent to an activating group) is 1. The number of nitrogens with one attached hydrogen (secondary N) is 2. The molecule has 0 aliphatic heterocycles. The molecule has 1 aromatic rings. The van der Waals surface area contributed by atoms with Gasteiger partial charge in [-0.15, -0.1) is 0 Å². The Morgan fingerprint density at radius 2 is 1.81 bits per heavy atom. The highest BCUT2D eigenvalue weighted by molar-refractivity contribution is 5.88. The summed E-state index contributed by atoms with van der Waals surface area (Å²) in [5.41, 5.74) is 0.806. The van der Waals surface area contributed by atoms with Crippen molar-refractivity contribution < 1.29 is 9.59 Å². The molecule has 1 fully saturated rings. The number of urea groups is 1. The highest BCUT2D eigenvalue weighted by atomic mass is 16.2. The Kier molecular flexibility index (Phi) is 5.20. The first-order valence-corrected chi connectivity index (χ1v) is 7.56. The maximum Gasteiger partial charge on any atom is 0.315 e. The molecule has 0 saturated heterocycles. The van der Waals surface area contributed by atoms with E-state index >= 15 is 0 Å². The summed E-state index contributed by atoms with van der Waals surface area (Å²) < 4.78 is 0. The van der Waals surface area contributed by atoms with Crippen LogP contribution in [0.5, 0.6) is 0 Å². The van der Waals surface area contributed by atoms with E-state index in [1.54, 1.807) is 4.90 Å². The van der Waals surface area contributed by atoms with E-state index in [1.165, 1.54) is 0 Å². The van der Waals surface area contributed by atoms with Crippen molar-refractivity contribution in [1.82, 2.24) is 15.5 Å². The minimum atomic E-state index is -0.634. The van der Waals surface area contributed by atoms with Crippen LogP contribution in [-0.2, 0) is 4.79 Å². The van der Waals surface area contributed by atoms with E-state index in [4.69, 9.17) is 0 Å². The lowest BCUT2D eigenvalue weighted by Gasteiger charge is -2.26. The van der Waals surface area contributed by atoms with E-state index in [0.717, 1.165) is 18.4 Å². The highest BCUT2D eigenvalue weighted by Crippen LogP contribution is 2.19. The topological polar surface area (TPSA) is 61.4 Å². The standard InChI is InChI=1S/C16H23N3O2/c1-3-19(4-2)15(20)14(12-8-6-5-7-9-12)18-16(21)17-13-10-11-13/h5-9,13-14H,3-4,10-11H2,1-2H3,(H2,17,18,21)/t14-/m0/s1. The molecule has 3 amide bonds. The van der Waals surface area contributed by atoms with Crippen molar-refractivity contribution >= 4 is 11.9 Å². The Morgan fingerprint density at radius 3 is 2.33 bits per heavy atom. The van der Waals surface area contributed by atoms with Crippen molar-refractivity contribution in [1.29, 1.82) is 0 Å². The summed E-state index contributed by atoms with van der Waals surface area (Å²) in [6.07, 6.45) is 2.04. The summed E-state index contributed by atoms with van der Waals surface area (Å²) in [4.78, 5) is 26.3. The molecule has 114 valence electrons.